The molecule has 0 spiro atoms. The molecule has 0 aliphatic carbocycles. The molecule has 19 heavy (non-hydrogen) atoms. The highest BCUT2D eigenvalue weighted by molar-refractivity contribution is 7.12. The maximum absolute atomic E-state index is 12.0. The molecule has 1 heterocycles. The van der Waals surface area contributed by atoms with E-state index in [4.69, 9.17) is 10.00 Å². The quantitative estimate of drug-likeness (QED) is 0.800. The highest BCUT2D eigenvalue weighted by atomic mass is 32.1. The van der Waals surface area contributed by atoms with Gasteiger partial charge in [-0.05, 0) is 44.2 Å². The van der Waals surface area contributed by atoms with Crippen LogP contribution in [0.3, 0.4) is 0 Å². The summed E-state index contributed by atoms with van der Waals surface area (Å²) in [5.41, 5.74) is 1.30. The van der Waals surface area contributed by atoms with Crippen molar-refractivity contribution in [2.24, 2.45) is 0 Å². The topological polar surface area (TPSA) is 50.1 Å². The molecule has 3 nitrogen and oxygen atoms in total. The number of hydrogen-bond acceptors (Lipinski definition) is 4. The van der Waals surface area contributed by atoms with Crippen molar-refractivity contribution in [2.75, 3.05) is 6.61 Å². The summed E-state index contributed by atoms with van der Waals surface area (Å²) in [4.78, 5) is 14.1. The van der Waals surface area contributed by atoms with Crippen molar-refractivity contribution in [3.63, 3.8) is 0 Å². The molecule has 0 aliphatic rings. The molecular formula is C15H13NO2S. The number of nitriles is 1. The van der Waals surface area contributed by atoms with Crippen LogP contribution in [-0.4, -0.2) is 12.4 Å². The van der Waals surface area contributed by atoms with Crippen molar-refractivity contribution in [1.82, 2.24) is 0 Å². The first kappa shape index (κ1) is 13.3. The molecule has 0 unspecified atom stereocenters. The van der Waals surface area contributed by atoms with E-state index in [9.17, 15) is 4.79 Å². The van der Waals surface area contributed by atoms with Crippen molar-refractivity contribution in [2.45, 2.75) is 13.8 Å². The highest BCUT2D eigenvalue weighted by Gasteiger charge is 2.12. The Labute approximate surface area is 116 Å². The SMILES string of the molecule is Cc1cc(C(=O)COc2ccc(C#N)cc2)c(C)s1. The molecule has 2 rings (SSSR count). The number of Topliss-reactive ketones (excluding diaryl/α,β-unsaturated/α-hetero) is 1. The number of benzene rings is 1. The number of rotatable bonds is 4. The van der Waals surface area contributed by atoms with Crippen LogP contribution in [0.5, 0.6) is 5.75 Å². The van der Waals surface area contributed by atoms with Crippen LogP contribution in [0.25, 0.3) is 0 Å². The van der Waals surface area contributed by atoms with Crippen molar-refractivity contribution < 1.29 is 9.53 Å². The molecule has 0 aliphatic heterocycles. The summed E-state index contributed by atoms with van der Waals surface area (Å²) in [6.07, 6.45) is 0. The maximum atomic E-state index is 12.0. The Bertz CT molecular complexity index is 635. The first-order valence-electron chi connectivity index (χ1n) is 5.83. The molecule has 0 atom stereocenters. The predicted octanol–water partition coefficient (Wildman–Crippen LogP) is 3.50. The first-order chi connectivity index (χ1) is 9.10. The fourth-order valence-electron chi connectivity index (χ4n) is 1.76. The zero-order valence-corrected chi connectivity index (χ0v) is 11.6. The minimum atomic E-state index is -0.0220. The second-order valence-electron chi connectivity index (χ2n) is 4.17. The van der Waals surface area contributed by atoms with Gasteiger partial charge in [-0.25, -0.2) is 0 Å². The number of nitrogens with zero attached hydrogens (tertiary/aromatic N) is 1. The Morgan fingerprint density at radius 2 is 2.00 bits per heavy atom. The molecule has 1 aromatic heterocycles. The summed E-state index contributed by atoms with van der Waals surface area (Å²) in [5, 5.41) is 8.68. The lowest BCUT2D eigenvalue weighted by atomic mass is 10.2. The second-order valence-corrected chi connectivity index (χ2v) is 5.64. The molecule has 0 saturated carbocycles. The van der Waals surface area contributed by atoms with Crippen LogP contribution in [0.15, 0.2) is 30.3 Å². The van der Waals surface area contributed by atoms with E-state index in [1.54, 1.807) is 35.6 Å². The van der Waals surface area contributed by atoms with E-state index in [0.717, 1.165) is 15.3 Å². The Morgan fingerprint density at radius 1 is 1.32 bits per heavy atom. The summed E-state index contributed by atoms with van der Waals surface area (Å²) >= 11 is 1.61. The predicted molar refractivity (Wildman–Crippen MR) is 74.8 cm³/mol. The molecule has 2 aromatic rings. The molecule has 0 saturated heterocycles. The fourth-order valence-corrected chi connectivity index (χ4v) is 2.70. The Hall–Kier alpha value is -2.12. The summed E-state index contributed by atoms with van der Waals surface area (Å²) < 4.78 is 5.43. The third-order valence-corrected chi connectivity index (χ3v) is 3.66. The number of ketones is 1. The molecule has 1 aromatic carbocycles. The molecule has 0 fully saturated rings. The third kappa shape index (κ3) is 3.21. The van der Waals surface area contributed by atoms with Crippen LogP contribution >= 0.6 is 11.3 Å². The number of aryl methyl sites for hydroxylation is 2. The van der Waals surface area contributed by atoms with Gasteiger partial charge in [0.2, 0.25) is 5.78 Å². The maximum Gasteiger partial charge on any atom is 0.201 e. The summed E-state index contributed by atoms with van der Waals surface area (Å²) in [7, 11) is 0. The average molecular weight is 271 g/mol. The van der Waals surface area contributed by atoms with Crippen molar-refractivity contribution in [1.29, 1.82) is 5.26 Å². The minimum Gasteiger partial charge on any atom is -0.485 e. The van der Waals surface area contributed by atoms with Gasteiger partial charge in [0.05, 0.1) is 11.6 Å². The lowest BCUT2D eigenvalue weighted by molar-refractivity contribution is 0.0921. The number of carbonyl (C=O) groups is 1. The molecular weight excluding hydrogens is 258 g/mol. The Balaban J connectivity index is 2.00. The smallest absolute Gasteiger partial charge is 0.201 e. The van der Waals surface area contributed by atoms with Crippen molar-refractivity contribution in [3.8, 4) is 11.8 Å². The van der Waals surface area contributed by atoms with Gasteiger partial charge in [-0.15, -0.1) is 11.3 Å². The molecule has 0 radical (unpaired) electrons. The molecule has 0 amide bonds. The van der Waals surface area contributed by atoms with Gasteiger partial charge in [-0.3, -0.25) is 4.79 Å². The standard InChI is InChI=1S/C15H13NO2S/c1-10-7-14(11(2)19-10)15(17)9-18-13-5-3-12(8-16)4-6-13/h3-7H,9H2,1-2H3. The number of carbonyl (C=O) groups excluding carboxylic acids is 1. The van der Waals surface area contributed by atoms with Crippen LogP contribution in [-0.2, 0) is 0 Å². The number of ether oxygens (including phenoxy) is 1. The zero-order valence-electron chi connectivity index (χ0n) is 10.8. The largest absolute Gasteiger partial charge is 0.485 e. The number of thiophene rings is 1. The van der Waals surface area contributed by atoms with Gasteiger partial charge in [-0.1, -0.05) is 0 Å². The van der Waals surface area contributed by atoms with Crippen LogP contribution < -0.4 is 4.74 Å². The fraction of sp³-hybridized carbons (Fsp3) is 0.200. The summed E-state index contributed by atoms with van der Waals surface area (Å²) in [6, 6.07) is 10.6. The molecule has 4 heteroatoms. The average Bonchev–Trinajstić information content (AvgIpc) is 2.75. The van der Waals surface area contributed by atoms with Crippen molar-refractivity contribution >= 4 is 17.1 Å². The zero-order chi connectivity index (χ0) is 13.8. The van der Waals surface area contributed by atoms with E-state index in [1.807, 2.05) is 26.0 Å². The Morgan fingerprint density at radius 3 is 2.53 bits per heavy atom. The van der Waals surface area contributed by atoms with Crippen LogP contribution in [0.2, 0.25) is 0 Å². The van der Waals surface area contributed by atoms with Gasteiger partial charge < -0.3 is 4.74 Å². The lowest BCUT2D eigenvalue weighted by Gasteiger charge is -2.05. The minimum absolute atomic E-state index is 0.0168. The second kappa shape index (κ2) is 5.68. The van der Waals surface area contributed by atoms with E-state index in [-0.39, 0.29) is 12.4 Å². The van der Waals surface area contributed by atoms with Crippen LogP contribution in [0.1, 0.15) is 25.7 Å². The number of hydrogen-bond donors (Lipinski definition) is 0. The van der Waals surface area contributed by atoms with Crippen molar-refractivity contribution in [3.05, 3.63) is 51.2 Å². The lowest BCUT2D eigenvalue weighted by Crippen LogP contribution is -2.11. The van der Waals surface area contributed by atoms with E-state index >= 15 is 0 Å². The van der Waals surface area contributed by atoms with E-state index in [0.29, 0.717) is 11.3 Å². The molecule has 96 valence electrons. The Kier molecular flexibility index (Phi) is 3.98. The monoisotopic (exact) mass is 271 g/mol. The van der Waals surface area contributed by atoms with Crippen LogP contribution in [0.4, 0.5) is 0 Å². The van der Waals surface area contributed by atoms with Gasteiger partial charge in [0.15, 0.2) is 6.61 Å². The van der Waals surface area contributed by atoms with E-state index in [1.165, 1.54) is 0 Å². The van der Waals surface area contributed by atoms with E-state index < -0.39 is 0 Å². The van der Waals surface area contributed by atoms with Gasteiger partial charge in [0.1, 0.15) is 5.75 Å². The van der Waals surface area contributed by atoms with Crippen LogP contribution in [0, 0.1) is 25.2 Å². The molecule has 0 N–H and O–H groups in total. The molecule has 0 bridgehead atoms. The van der Waals surface area contributed by atoms with E-state index in [2.05, 4.69) is 0 Å². The van der Waals surface area contributed by atoms with Gasteiger partial charge in [0.25, 0.3) is 0 Å². The van der Waals surface area contributed by atoms with Gasteiger partial charge in [0, 0.05) is 15.3 Å². The third-order valence-electron chi connectivity index (χ3n) is 2.69. The van der Waals surface area contributed by atoms with Gasteiger partial charge in [-0.2, -0.15) is 5.26 Å². The summed E-state index contributed by atoms with van der Waals surface area (Å²) in [6.45, 7) is 3.94. The highest BCUT2D eigenvalue weighted by Crippen LogP contribution is 2.21. The normalized spacial score (nSPS) is 9.95. The first-order valence-corrected chi connectivity index (χ1v) is 6.65. The summed E-state index contributed by atoms with van der Waals surface area (Å²) in [5.74, 6) is 0.572. The van der Waals surface area contributed by atoms with Gasteiger partial charge >= 0.3 is 0 Å².